The summed E-state index contributed by atoms with van der Waals surface area (Å²) < 4.78 is 45.0. The SMILES string of the molecule is CCOc1ccc(S(=O)(=O)NC2CCC3OCCOC3C2)cc1C. The fourth-order valence-corrected chi connectivity index (χ4v) is 4.74. The highest BCUT2D eigenvalue weighted by atomic mass is 32.2. The highest BCUT2D eigenvalue weighted by Gasteiger charge is 2.35. The van der Waals surface area contributed by atoms with Gasteiger partial charge in [-0.05, 0) is 56.9 Å². The fraction of sp³-hybridized carbons (Fsp3) is 0.647. The van der Waals surface area contributed by atoms with Crippen LogP contribution in [0.3, 0.4) is 0 Å². The van der Waals surface area contributed by atoms with Crippen molar-refractivity contribution in [2.45, 2.75) is 56.3 Å². The standard InChI is InChI=1S/C17H25NO5S/c1-3-21-15-7-5-14(10-12(15)2)24(19,20)18-13-4-6-16-17(11-13)23-9-8-22-16/h5,7,10,13,16-18H,3-4,6,8-9,11H2,1-2H3. The van der Waals surface area contributed by atoms with Crippen LogP contribution in [0.4, 0.5) is 0 Å². The predicted molar refractivity (Wildman–Crippen MR) is 89.8 cm³/mol. The molecule has 1 heterocycles. The molecule has 1 saturated carbocycles. The Labute approximate surface area is 143 Å². The highest BCUT2D eigenvalue weighted by molar-refractivity contribution is 7.89. The number of sulfonamides is 1. The molecule has 0 spiro atoms. The van der Waals surface area contributed by atoms with E-state index in [-0.39, 0.29) is 23.1 Å². The third-order valence-electron chi connectivity index (χ3n) is 4.56. The average Bonchev–Trinajstić information content (AvgIpc) is 2.56. The predicted octanol–water partition coefficient (Wildman–Crippen LogP) is 2.01. The molecule has 24 heavy (non-hydrogen) atoms. The zero-order valence-electron chi connectivity index (χ0n) is 14.2. The van der Waals surface area contributed by atoms with Gasteiger partial charge in [0.25, 0.3) is 0 Å². The molecule has 134 valence electrons. The summed E-state index contributed by atoms with van der Waals surface area (Å²) in [5.41, 5.74) is 0.812. The first-order valence-electron chi connectivity index (χ1n) is 8.48. The maximum Gasteiger partial charge on any atom is 0.240 e. The van der Waals surface area contributed by atoms with E-state index in [9.17, 15) is 8.42 Å². The van der Waals surface area contributed by atoms with E-state index in [2.05, 4.69) is 4.72 Å². The first-order chi connectivity index (χ1) is 11.5. The molecule has 7 heteroatoms. The highest BCUT2D eigenvalue weighted by Crippen LogP contribution is 2.28. The number of rotatable bonds is 5. The number of benzene rings is 1. The van der Waals surface area contributed by atoms with Crippen LogP contribution in [-0.2, 0) is 19.5 Å². The van der Waals surface area contributed by atoms with Crippen molar-refractivity contribution >= 4 is 10.0 Å². The van der Waals surface area contributed by atoms with E-state index in [0.29, 0.717) is 32.0 Å². The van der Waals surface area contributed by atoms with Gasteiger partial charge >= 0.3 is 0 Å². The number of ether oxygens (including phenoxy) is 3. The number of fused-ring (bicyclic) bond motifs is 1. The number of hydrogen-bond donors (Lipinski definition) is 1. The monoisotopic (exact) mass is 355 g/mol. The largest absolute Gasteiger partial charge is 0.494 e. The molecule has 3 atom stereocenters. The Hall–Kier alpha value is -1.15. The van der Waals surface area contributed by atoms with E-state index in [0.717, 1.165) is 18.4 Å². The lowest BCUT2D eigenvalue weighted by Crippen LogP contribution is -2.49. The molecule has 1 N–H and O–H groups in total. The molecule has 0 aromatic heterocycles. The minimum atomic E-state index is -3.55. The molecule has 0 radical (unpaired) electrons. The Morgan fingerprint density at radius 2 is 1.96 bits per heavy atom. The summed E-state index contributed by atoms with van der Waals surface area (Å²) in [6.45, 7) is 5.51. The van der Waals surface area contributed by atoms with E-state index in [1.165, 1.54) is 0 Å². The molecular formula is C17H25NO5S. The summed E-state index contributed by atoms with van der Waals surface area (Å²) in [7, 11) is -3.55. The molecule has 2 fully saturated rings. The number of hydrogen-bond acceptors (Lipinski definition) is 5. The molecular weight excluding hydrogens is 330 g/mol. The van der Waals surface area contributed by atoms with Crippen LogP contribution in [0.5, 0.6) is 5.75 Å². The van der Waals surface area contributed by atoms with Gasteiger partial charge in [0.2, 0.25) is 10.0 Å². The lowest BCUT2D eigenvalue weighted by atomic mass is 9.90. The van der Waals surface area contributed by atoms with Crippen LogP contribution in [0.2, 0.25) is 0 Å². The summed E-state index contributed by atoms with van der Waals surface area (Å²) in [4.78, 5) is 0.270. The van der Waals surface area contributed by atoms with Gasteiger partial charge in [-0.15, -0.1) is 0 Å². The molecule has 0 bridgehead atoms. The molecule has 0 amide bonds. The summed E-state index contributed by atoms with van der Waals surface area (Å²) in [5, 5.41) is 0. The molecule has 1 aliphatic heterocycles. The van der Waals surface area contributed by atoms with Gasteiger partial charge in [-0.1, -0.05) is 0 Å². The van der Waals surface area contributed by atoms with Gasteiger partial charge in [-0.2, -0.15) is 0 Å². The van der Waals surface area contributed by atoms with Gasteiger partial charge in [0.1, 0.15) is 5.75 Å². The summed E-state index contributed by atoms with van der Waals surface area (Å²) in [5.74, 6) is 0.713. The van der Waals surface area contributed by atoms with Crippen molar-refractivity contribution in [1.82, 2.24) is 4.72 Å². The molecule has 1 aliphatic carbocycles. The Kier molecular flexibility index (Phi) is 5.44. The van der Waals surface area contributed by atoms with Crippen molar-refractivity contribution < 1.29 is 22.6 Å². The topological polar surface area (TPSA) is 73.9 Å². The van der Waals surface area contributed by atoms with E-state index in [1.54, 1.807) is 18.2 Å². The summed E-state index contributed by atoms with van der Waals surface area (Å²) in [6, 6.07) is 4.83. The van der Waals surface area contributed by atoms with E-state index in [4.69, 9.17) is 14.2 Å². The van der Waals surface area contributed by atoms with Crippen LogP contribution in [-0.4, -0.2) is 46.5 Å². The first-order valence-corrected chi connectivity index (χ1v) is 9.97. The van der Waals surface area contributed by atoms with Crippen molar-refractivity contribution in [2.24, 2.45) is 0 Å². The van der Waals surface area contributed by atoms with Crippen molar-refractivity contribution in [3.05, 3.63) is 23.8 Å². The Morgan fingerprint density at radius 3 is 2.67 bits per heavy atom. The summed E-state index contributed by atoms with van der Waals surface area (Å²) >= 11 is 0. The molecule has 2 aliphatic rings. The Balaban J connectivity index is 1.68. The maximum absolute atomic E-state index is 12.7. The van der Waals surface area contributed by atoms with Crippen molar-refractivity contribution in [2.75, 3.05) is 19.8 Å². The van der Waals surface area contributed by atoms with Gasteiger partial charge in [0, 0.05) is 6.04 Å². The zero-order valence-corrected chi connectivity index (χ0v) is 15.0. The van der Waals surface area contributed by atoms with Crippen LogP contribution in [0.25, 0.3) is 0 Å². The number of aryl methyl sites for hydroxylation is 1. The van der Waals surface area contributed by atoms with E-state index < -0.39 is 10.0 Å². The van der Waals surface area contributed by atoms with Crippen LogP contribution in [0, 0.1) is 6.92 Å². The minimum absolute atomic E-state index is 0.0118. The maximum atomic E-state index is 12.7. The van der Waals surface area contributed by atoms with Gasteiger partial charge < -0.3 is 14.2 Å². The quantitative estimate of drug-likeness (QED) is 0.875. The molecule has 1 aromatic rings. The van der Waals surface area contributed by atoms with E-state index >= 15 is 0 Å². The van der Waals surface area contributed by atoms with Gasteiger partial charge in [-0.3, -0.25) is 0 Å². The van der Waals surface area contributed by atoms with Crippen molar-refractivity contribution in [3.63, 3.8) is 0 Å². The van der Waals surface area contributed by atoms with Crippen molar-refractivity contribution in [3.8, 4) is 5.75 Å². The first kappa shape index (κ1) is 17.7. The van der Waals surface area contributed by atoms with Crippen LogP contribution in [0.1, 0.15) is 31.7 Å². The molecule has 1 saturated heterocycles. The number of nitrogens with one attached hydrogen (secondary N) is 1. The van der Waals surface area contributed by atoms with Gasteiger partial charge in [0.05, 0.1) is 36.9 Å². The second-order valence-electron chi connectivity index (χ2n) is 6.31. The second kappa shape index (κ2) is 7.39. The normalized spacial score (nSPS) is 27.5. The lowest BCUT2D eigenvalue weighted by molar-refractivity contribution is -0.156. The Bertz CT molecular complexity index is 676. The van der Waals surface area contributed by atoms with Crippen LogP contribution >= 0.6 is 0 Å². The van der Waals surface area contributed by atoms with Gasteiger partial charge in [0.15, 0.2) is 0 Å². The van der Waals surface area contributed by atoms with Crippen LogP contribution < -0.4 is 9.46 Å². The van der Waals surface area contributed by atoms with Crippen molar-refractivity contribution in [1.29, 1.82) is 0 Å². The smallest absolute Gasteiger partial charge is 0.240 e. The average molecular weight is 355 g/mol. The minimum Gasteiger partial charge on any atom is -0.494 e. The molecule has 1 aromatic carbocycles. The third kappa shape index (κ3) is 3.91. The zero-order chi connectivity index (χ0) is 17.2. The second-order valence-corrected chi connectivity index (χ2v) is 8.02. The fourth-order valence-electron chi connectivity index (χ4n) is 3.37. The van der Waals surface area contributed by atoms with E-state index in [1.807, 2.05) is 13.8 Å². The lowest BCUT2D eigenvalue weighted by Gasteiger charge is -2.38. The summed E-state index contributed by atoms with van der Waals surface area (Å²) in [6.07, 6.45) is 2.33. The molecule has 3 unspecified atom stereocenters. The van der Waals surface area contributed by atoms with Crippen LogP contribution in [0.15, 0.2) is 23.1 Å². The Morgan fingerprint density at radius 1 is 1.21 bits per heavy atom. The molecule has 3 rings (SSSR count). The molecule has 6 nitrogen and oxygen atoms in total. The third-order valence-corrected chi connectivity index (χ3v) is 6.07. The van der Waals surface area contributed by atoms with Gasteiger partial charge in [-0.25, -0.2) is 13.1 Å².